The van der Waals surface area contributed by atoms with Crippen LogP contribution in [0.2, 0.25) is 5.02 Å². The number of hydrogen-bond acceptors (Lipinski definition) is 3. The van der Waals surface area contributed by atoms with E-state index in [2.05, 4.69) is 0 Å². The first kappa shape index (κ1) is 12.8. The molecule has 4 nitrogen and oxygen atoms in total. The maximum absolute atomic E-state index is 12.9. The predicted octanol–water partition coefficient (Wildman–Crippen LogP) is 2.20. The van der Waals surface area contributed by atoms with Crippen molar-refractivity contribution >= 4 is 21.6 Å². The Balaban J connectivity index is 2.37. The van der Waals surface area contributed by atoms with Crippen LogP contribution in [0.1, 0.15) is 12.8 Å². The van der Waals surface area contributed by atoms with Crippen LogP contribution in [-0.2, 0) is 14.9 Å². The summed E-state index contributed by atoms with van der Waals surface area (Å²) in [6.07, 6.45) is 1.56. The predicted molar refractivity (Wildman–Crippen MR) is 60.5 cm³/mol. The van der Waals surface area contributed by atoms with Gasteiger partial charge in [-0.15, -0.1) is 0 Å². The van der Waals surface area contributed by atoms with Gasteiger partial charge in [-0.1, -0.05) is 16.1 Å². The Morgan fingerprint density at radius 2 is 2.12 bits per heavy atom. The minimum Gasteiger partial charge on any atom is -0.284 e. The molecule has 7 heteroatoms. The Morgan fingerprint density at radius 1 is 1.35 bits per heavy atom. The smallest absolute Gasteiger partial charge is 0.266 e. The molecule has 94 valence electrons. The zero-order valence-corrected chi connectivity index (χ0v) is 10.5. The molecule has 0 aliphatic carbocycles. The van der Waals surface area contributed by atoms with E-state index in [1.54, 1.807) is 0 Å². The highest BCUT2D eigenvalue weighted by Crippen LogP contribution is 2.26. The van der Waals surface area contributed by atoms with E-state index in [9.17, 15) is 12.8 Å². The molecule has 1 aromatic carbocycles. The van der Waals surface area contributed by atoms with Crippen LogP contribution in [0.3, 0.4) is 0 Å². The van der Waals surface area contributed by atoms with Crippen molar-refractivity contribution in [3.8, 4) is 0 Å². The lowest BCUT2D eigenvalue weighted by Crippen LogP contribution is -2.35. The largest absolute Gasteiger partial charge is 0.284 e. The van der Waals surface area contributed by atoms with Crippen molar-refractivity contribution in [2.45, 2.75) is 17.7 Å². The van der Waals surface area contributed by atoms with Crippen molar-refractivity contribution in [3.05, 3.63) is 29.0 Å². The molecule has 0 radical (unpaired) electrons. The van der Waals surface area contributed by atoms with E-state index >= 15 is 0 Å². The first-order valence-electron chi connectivity index (χ1n) is 5.12. The molecule has 1 saturated heterocycles. The third kappa shape index (κ3) is 2.60. The van der Waals surface area contributed by atoms with Gasteiger partial charge in [0.15, 0.2) is 0 Å². The van der Waals surface area contributed by atoms with E-state index in [4.69, 9.17) is 16.4 Å². The lowest BCUT2D eigenvalue weighted by Gasteiger charge is -2.25. The van der Waals surface area contributed by atoms with Gasteiger partial charge >= 0.3 is 0 Å². The molecule has 0 aromatic heterocycles. The first-order chi connectivity index (χ1) is 8.01. The minimum absolute atomic E-state index is 0.137. The number of sulfonamides is 1. The van der Waals surface area contributed by atoms with Gasteiger partial charge in [-0.3, -0.25) is 4.84 Å². The molecule has 17 heavy (non-hydrogen) atoms. The van der Waals surface area contributed by atoms with Crippen LogP contribution in [0.25, 0.3) is 0 Å². The van der Waals surface area contributed by atoms with Gasteiger partial charge in [0.2, 0.25) is 0 Å². The monoisotopic (exact) mass is 279 g/mol. The lowest BCUT2D eigenvalue weighted by atomic mass is 10.3. The average molecular weight is 280 g/mol. The third-order valence-corrected chi connectivity index (χ3v) is 4.57. The fourth-order valence-electron chi connectivity index (χ4n) is 1.56. The van der Waals surface area contributed by atoms with E-state index in [0.717, 1.165) is 35.5 Å². The number of nitrogens with zero attached hydrogens (tertiary/aromatic N) is 1. The standard InChI is InChI=1S/C10H11ClFNO3S/c11-9-7-8(12)3-4-10(9)17(14,15)13-5-1-2-6-16-13/h3-4,7H,1-2,5-6H2. The highest BCUT2D eigenvalue weighted by molar-refractivity contribution is 7.89. The second kappa shape index (κ2) is 4.89. The summed E-state index contributed by atoms with van der Waals surface area (Å²) in [6.45, 7) is 0.647. The molecule has 0 unspecified atom stereocenters. The summed E-state index contributed by atoms with van der Waals surface area (Å²) in [5.74, 6) is -0.575. The van der Waals surface area contributed by atoms with Crippen LogP contribution in [-0.4, -0.2) is 26.0 Å². The van der Waals surface area contributed by atoms with E-state index in [1.807, 2.05) is 0 Å². The quantitative estimate of drug-likeness (QED) is 0.834. The van der Waals surface area contributed by atoms with Crippen molar-refractivity contribution in [2.24, 2.45) is 0 Å². The van der Waals surface area contributed by atoms with Crippen LogP contribution < -0.4 is 0 Å². The first-order valence-corrected chi connectivity index (χ1v) is 6.94. The number of benzene rings is 1. The molecule has 0 spiro atoms. The normalized spacial score (nSPS) is 18.2. The second-order valence-corrected chi connectivity index (χ2v) is 5.85. The van der Waals surface area contributed by atoms with Crippen molar-refractivity contribution in [2.75, 3.05) is 13.2 Å². The molecule has 0 atom stereocenters. The zero-order chi connectivity index (χ0) is 12.5. The summed E-state index contributed by atoms with van der Waals surface area (Å²) in [7, 11) is -3.80. The molecular formula is C10H11ClFNO3S. The number of halogens is 2. The van der Waals surface area contributed by atoms with Gasteiger partial charge in [0.25, 0.3) is 10.0 Å². The highest BCUT2D eigenvalue weighted by Gasteiger charge is 2.29. The SMILES string of the molecule is O=S(=O)(c1ccc(F)cc1Cl)N1CCCCO1. The summed E-state index contributed by atoms with van der Waals surface area (Å²) in [5, 5.41) is -0.140. The molecule has 0 bridgehead atoms. The summed E-state index contributed by atoms with van der Waals surface area (Å²) in [4.78, 5) is 4.94. The van der Waals surface area contributed by atoms with E-state index in [1.165, 1.54) is 0 Å². The van der Waals surface area contributed by atoms with E-state index < -0.39 is 15.8 Å². The second-order valence-electron chi connectivity index (χ2n) is 3.65. The Labute approximate surface area is 104 Å². The summed E-state index contributed by atoms with van der Waals surface area (Å²) < 4.78 is 38.0. The van der Waals surface area contributed by atoms with Crippen molar-refractivity contribution < 1.29 is 17.6 Å². The maximum atomic E-state index is 12.9. The number of hydroxylamine groups is 1. The van der Waals surface area contributed by atoms with E-state index in [-0.39, 0.29) is 16.5 Å². The van der Waals surface area contributed by atoms with Crippen LogP contribution >= 0.6 is 11.6 Å². The zero-order valence-electron chi connectivity index (χ0n) is 8.90. The Hall–Kier alpha value is -0.690. The van der Waals surface area contributed by atoms with Gasteiger partial charge in [0, 0.05) is 6.54 Å². The average Bonchev–Trinajstić information content (AvgIpc) is 2.29. The molecule has 1 aliphatic heterocycles. The molecule has 0 saturated carbocycles. The molecule has 2 rings (SSSR count). The molecule has 1 fully saturated rings. The Bertz CT molecular complexity index is 514. The molecule has 0 N–H and O–H groups in total. The summed E-state index contributed by atoms with van der Waals surface area (Å²) >= 11 is 5.73. The van der Waals surface area contributed by atoms with Crippen LogP contribution in [0.15, 0.2) is 23.1 Å². The molecule has 0 amide bonds. The van der Waals surface area contributed by atoms with Crippen molar-refractivity contribution in [1.82, 2.24) is 4.47 Å². The minimum atomic E-state index is -3.80. The third-order valence-electron chi connectivity index (χ3n) is 2.41. The van der Waals surface area contributed by atoms with Gasteiger partial charge in [0.05, 0.1) is 11.6 Å². The molecule has 1 heterocycles. The molecular weight excluding hydrogens is 269 g/mol. The highest BCUT2D eigenvalue weighted by atomic mass is 35.5. The van der Waals surface area contributed by atoms with Gasteiger partial charge in [-0.2, -0.15) is 0 Å². The molecule has 1 aromatic rings. The topological polar surface area (TPSA) is 46.6 Å². The van der Waals surface area contributed by atoms with Crippen LogP contribution in [0, 0.1) is 5.82 Å². The van der Waals surface area contributed by atoms with Crippen molar-refractivity contribution in [1.29, 1.82) is 0 Å². The molecule has 1 aliphatic rings. The van der Waals surface area contributed by atoms with E-state index in [0.29, 0.717) is 6.61 Å². The number of rotatable bonds is 2. The van der Waals surface area contributed by atoms with Crippen LogP contribution in [0.4, 0.5) is 4.39 Å². The lowest BCUT2D eigenvalue weighted by molar-refractivity contribution is -0.108. The summed E-state index contributed by atoms with van der Waals surface area (Å²) in [5.41, 5.74) is 0. The van der Waals surface area contributed by atoms with Gasteiger partial charge in [-0.05, 0) is 31.0 Å². The fourth-order valence-corrected chi connectivity index (χ4v) is 3.36. The fraction of sp³-hybridized carbons (Fsp3) is 0.400. The summed E-state index contributed by atoms with van der Waals surface area (Å²) in [6, 6.07) is 3.17. The number of hydrogen-bond donors (Lipinski definition) is 0. The Kier molecular flexibility index (Phi) is 3.67. The van der Waals surface area contributed by atoms with Gasteiger partial charge in [-0.25, -0.2) is 12.8 Å². The van der Waals surface area contributed by atoms with Crippen molar-refractivity contribution in [3.63, 3.8) is 0 Å². The van der Waals surface area contributed by atoms with Gasteiger partial charge < -0.3 is 0 Å². The maximum Gasteiger partial charge on any atom is 0.266 e. The van der Waals surface area contributed by atoms with Gasteiger partial charge in [0.1, 0.15) is 10.7 Å². The van der Waals surface area contributed by atoms with Crippen LogP contribution in [0.5, 0.6) is 0 Å². The Morgan fingerprint density at radius 3 is 2.71 bits per heavy atom.